The molecule has 0 unspecified atom stereocenters. The van der Waals surface area contributed by atoms with Crippen LogP contribution in [-0.4, -0.2) is 13.4 Å². The molecule has 1 heterocycles. The second-order valence-electron chi connectivity index (χ2n) is 4.33. The molecule has 0 saturated carbocycles. The molecule has 0 radical (unpaired) electrons. The zero-order valence-electron chi connectivity index (χ0n) is 11.1. The number of rotatable bonds is 4. The molecule has 19 heavy (non-hydrogen) atoms. The van der Waals surface area contributed by atoms with Crippen molar-refractivity contribution >= 4 is 10.0 Å². The third-order valence-corrected chi connectivity index (χ3v) is 4.37. The van der Waals surface area contributed by atoms with Gasteiger partial charge in [-0.15, -0.1) is 0 Å². The minimum absolute atomic E-state index is 0.101. The zero-order valence-corrected chi connectivity index (χ0v) is 11.9. The van der Waals surface area contributed by atoms with E-state index in [0.717, 1.165) is 0 Å². The normalized spacial score (nSPS) is 11.7. The summed E-state index contributed by atoms with van der Waals surface area (Å²) in [6.45, 7) is 5.38. The predicted molar refractivity (Wildman–Crippen MR) is 71.2 cm³/mol. The topological polar surface area (TPSA) is 72.2 Å². The fourth-order valence-corrected chi connectivity index (χ4v) is 3.06. The number of nitrogens with one attached hydrogen (secondary N) is 1. The number of hydrogen-bond donors (Lipinski definition) is 1. The molecule has 0 amide bonds. The monoisotopic (exact) mass is 280 g/mol. The number of benzene rings is 1. The van der Waals surface area contributed by atoms with Gasteiger partial charge in [-0.05, 0) is 25.5 Å². The summed E-state index contributed by atoms with van der Waals surface area (Å²) in [4.78, 5) is 4.38. The molecule has 0 fully saturated rings. The molecule has 102 valence electrons. The van der Waals surface area contributed by atoms with Gasteiger partial charge in [-0.3, -0.25) is 0 Å². The Labute approximate surface area is 112 Å². The predicted octanol–water partition coefficient (Wildman–Crippen LogP) is 2.08. The highest BCUT2D eigenvalue weighted by Gasteiger charge is 2.17. The first-order chi connectivity index (χ1) is 8.90. The van der Waals surface area contributed by atoms with Crippen LogP contribution in [0, 0.1) is 20.8 Å². The van der Waals surface area contributed by atoms with Crippen molar-refractivity contribution in [3.63, 3.8) is 0 Å². The Hall–Kier alpha value is -1.66. The Morgan fingerprint density at radius 3 is 2.47 bits per heavy atom. The number of hydrogen-bond acceptors (Lipinski definition) is 4. The van der Waals surface area contributed by atoms with Crippen LogP contribution in [0.3, 0.4) is 0 Å². The maximum Gasteiger partial charge on any atom is 0.241 e. The van der Waals surface area contributed by atoms with Gasteiger partial charge in [0.1, 0.15) is 5.76 Å². The number of oxazole rings is 1. The summed E-state index contributed by atoms with van der Waals surface area (Å²) in [7, 11) is -3.53. The van der Waals surface area contributed by atoms with E-state index in [-0.39, 0.29) is 11.4 Å². The Morgan fingerprint density at radius 2 is 1.89 bits per heavy atom. The molecule has 0 aliphatic carbocycles. The van der Waals surface area contributed by atoms with Crippen LogP contribution in [0.5, 0.6) is 0 Å². The summed E-state index contributed by atoms with van der Waals surface area (Å²) in [5, 5.41) is 0. The Bertz CT molecular complexity index is 690. The van der Waals surface area contributed by atoms with Crippen molar-refractivity contribution in [1.82, 2.24) is 9.71 Å². The number of aryl methyl sites for hydroxylation is 3. The molecule has 0 saturated heterocycles. The molecular formula is C13H16N2O3S. The van der Waals surface area contributed by atoms with E-state index in [4.69, 9.17) is 4.42 Å². The van der Waals surface area contributed by atoms with Crippen LogP contribution in [0.25, 0.3) is 0 Å². The molecule has 5 nitrogen and oxygen atoms in total. The van der Waals surface area contributed by atoms with Crippen LogP contribution >= 0.6 is 0 Å². The largest absolute Gasteiger partial charge is 0.444 e. The van der Waals surface area contributed by atoms with Crippen LogP contribution in [0.1, 0.15) is 22.9 Å². The highest BCUT2D eigenvalue weighted by atomic mass is 32.2. The standard InChI is InChI=1S/C13H16N2O3S/c1-9-6-4-5-7-13(9)19(16,17)14-8-12-10(2)15-11(3)18-12/h4-7,14H,8H2,1-3H3. The molecule has 0 atom stereocenters. The number of nitrogens with zero attached hydrogens (tertiary/aromatic N) is 1. The van der Waals surface area contributed by atoms with Gasteiger partial charge in [0.25, 0.3) is 0 Å². The smallest absolute Gasteiger partial charge is 0.241 e. The van der Waals surface area contributed by atoms with Gasteiger partial charge < -0.3 is 4.42 Å². The molecule has 0 spiro atoms. The number of sulfonamides is 1. The SMILES string of the molecule is Cc1nc(C)c(CNS(=O)(=O)c2ccccc2C)o1. The third kappa shape index (κ3) is 3.02. The summed E-state index contributed by atoms with van der Waals surface area (Å²) in [6, 6.07) is 6.85. The van der Waals surface area contributed by atoms with Gasteiger partial charge >= 0.3 is 0 Å². The summed E-state index contributed by atoms with van der Waals surface area (Å²) in [6.07, 6.45) is 0. The first kappa shape index (κ1) is 13.8. The lowest BCUT2D eigenvalue weighted by Crippen LogP contribution is -2.24. The van der Waals surface area contributed by atoms with Crippen molar-refractivity contribution in [2.75, 3.05) is 0 Å². The van der Waals surface area contributed by atoms with Gasteiger partial charge in [0.05, 0.1) is 17.1 Å². The number of aromatic nitrogens is 1. The molecule has 0 aliphatic heterocycles. The molecule has 0 aliphatic rings. The Balaban J connectivity index is 2.19. The molecular weight excluding hydrogens is 264 g/mol. The Kier molecular flexibility index (Phi) is 3.73. The third-order valence-electron chi connectivity index (χ3n) is 2.81. The quantitative estimate of drug-likeness (QED) is 0.930. The van der Waals surface area contributed by atoms with Crippen molar-refractivity contribution in [3.8, 4) is 0 Å². The van der Waals surface area contributed by atoms with Crippen LogP contribution < -0.4 is 4.72 Å². The molecule has 2 aromatic rings. The summed E-state index contributed by atoms with van der Waals surface area (Å²) in [5.41, 5.74) is 1.41. The van der Waals surface area contributed by atoms with E-state index >= 15 is 0 Å². The van der Waals surface area contributed by atoms with E-state index in [1.807, 2.05) is 0 Å². The van der Waals surface area contributed by atoms with E-state index in [9.17, 15) is 8.42 Å². The van der Waals surface area contributed by atoms with Crippen molar-refractivity contribution in [2.45, 2.75) is 32.2 Å². The van der Waals surface area contributed by atoms with Gasteiger partial charge in [-0.2, -0.15) is 0 Å². The molecule has 1 N–H and O–H groups in total. The fraction of sp³-hybridized carbons (Fsp3) is 0.308. The first-order valence-corrected chi connectivity index (χ1v) is 7.36. The fourth-order valence-electron chi connectivity index (χ4n) is 1.83. The van der Waals surface area contributed by atoms with Crippen molar-refractivity contribution in [2.24, 2.45) is 0 Å². The molecule has 1 aromatic heterocycles. The van der Waals surface area contributed by atoms with Crippen molar-refractivity contribution in [3.05, 3.63) is 47.2 Å². The minimum Gasteiger partial charge on any atom is -0.444 e. The maximum atomic E-state index is 12.2. The van der Waals surface area contributed by atoms with Crippen LogP contribution in [-0.2, 0) is 16.6 Å². The molecule has 6 heteroatoms. The van der Waals surface area contributed by atoms with Crippen molar-refractivity contribution < 1.29 is 12.8 Å². The highest BCUT2D eigenvalue weighted by molar-refractivity contribution is 7.89. The van der Waals surface area contributed by atoms with Gasteiger partial charge in [-0.1, -0.05) is 18.2 Å². The summed E-state index contributed by atoms with van der Waals surface area (Å²) < 4.78 is 32.2. The molecule has 1 aromatic carbocycles. The van der Waals surface area contributed by atoms with Gasteiger partial charge in [-0.25, -0.2) is 18.1 Å². The van der Waals surface area contributed by atoms with Gasteiger partial charge in [0.2, 0.25) is 10.0 Å². The van der Waals surface area contributed by atoms with E-state index < -0.39 is 10.0 Å². The van der Waals surface area contributed by atoms with Gasteiger partial charge in [0, 0.05) is 6.92 Å². The maximum absolute atomic E-state index is 12.2. The van der Waals surface area contributed by atoms with Crippen LogP contribution in [0.2, 0.25) is 0 Å². The summed E-state index contributed by atoms with van der Waals surface area (Å²) in [5.74, 6) is 1.07. The lowest BCUT2D eigenvalue weighted by atomic mass is 10.2. The van der Waals surface area contributed by atoms with E-state index in [2.05, 4.69) is 9.71 Å². The van der Waals surface area contributed by atoms with E-state index in [1.54, 1.807) is 45.0 Å². The van der Waals surface area contributed by atoms with Crippen LogP contribution in [0.15, 0.2) is 33.6 Å². The van der Waals surface area contributed by atoms with Crippen LogP contribution in [0.4, 0.5) is 0 Å². The zero-order chi connectivity index (χ0) is 14.0. The molecule has 0 bridgehead atoms. The summed E-state index contributed by atoms with van der Waals surface area (Å²) >= 11 is 0. The highest BCUT2D eigenvalue weighted by Crippen LogP contribution is 2.15. The van der Waals surface area contributed by atoms with Gasteiger partial charge in [0.15, 0.2) is 5.89 Å². The second-order valence-corrected chi connectivity index (χ2v) is 6.07. The first-order valence-electron chi connectivity index (χ1n) is 5.88. The molecule has 2 rings (SSSR count). The van der Waals surface area contributed by atoms with Crippen molar-refractivity contribution in [1.29, 1.82) is 0 Å². The van der Waals surface area contributed by atoms with E-state index in [1.165, 1.54) is 0 Å². The average molecular weight is 280 g/mol. The lowest BCUT2D eigenvalue weighted by molar-refractivity contribution is 0.466. The minimum atomic E-state index is -3.53. The average Bonchev–Trinajstić information content (AvgIpc) is 2.66. The second kappa shape index (κ2) is 5.14. The van der Waals surface area contributed by atoms with E-state index in [0.29, 0.717) is 22.9 Å². The lowest BCUT2D eigenvalue weighted by Gasteiger charge is -2.08. The Morgan fingerprint density at radius 1 is 1.21 bits per heavy atom.